The average molecular weight is 307 g/mol. The number of aryl methyl sites for hydroxylation is 1. The van der Waals surface area contributed by atoms with Crippen molar-refractivity contribution in [1.82, 2.24) is 14.8 Å². The summed E-state index contributed by atoms with van der Waals surface area (Å²) in [6.07, 6.45) is 1.63. The largest absolute Gasteiger partial charge is 0.481 e. The van der Waals surface area contributed by atoms with Gasteiger partial charge in [-0.1, -0.05) is 42.1 Å². The van der Waals surface area contributed by atoms with Crippen molar-refractivity contribution in [3.63, 3.8) is 0 Å². The number of nitrogens with one attached hydrogen (secondary N) is 1. The minimum atomic E-state index is -0.932. The lowest BCUT2D eigenvalue weighted by molar-refractivity contribution is -0.133. The Kier molecular flexibility index (Phi) is 5.21. The molecular weight excluding hydrogens is 290 g/mol. The number of hydrogen-bond acceptors (Lipinski definition) is 4. The first kappa shape index (κ1) is 15.4. The van der Waals surface area contributed by atoms with Crippen molar-refractivity contribution < 1.29 is 9.90 Å². The van der Waals surface area contributed by atoms with Gasteiger partial charge in [0.25, 0.3) is 0 Å². The third kappa shape index (κ3) is 4.22. The van der Waals surface area contributed by atoms with Crippen molar-refractivity contribution in [1.29, 1.82) is 0 Å². The molecule has 1 heterocycles. The Morgan fingerprint density at radius 2 is 2.14 bits per heavy atom. The molecule has 112 valence electrons. The van der Waals surface area contributed by atoms with Crippen molar-refractivity contribution >= 4 is 17.7 Å². The summed E-state index contributed by atoms with van der Waals surface area (Å²) in [5, 5.41) is 15.4. The summed E-state index contributed by atoms with van der Waals surface area (Å²) >= 11 is 1.05. The third-order valence-electron chi connectivity index (χ3n) is 3.13. The molecule has 0 aliphatic carbocycles. The first-order chi connectivity index (χ1) is 10.1. The molecule has 1 atom stereocenters. The molecular formula is C14H17N3O3S. The topological polar surface area (TPSA) is 88.0 Å². The van der Waals surface area contributed by atoms with Crippen LogP contribution in [0.4, 0.5) is 0 Å². The highest BCUT2D eigenvalue weighted by Gasteiger charge is 2.16. The molecule has 0 fully saturated rings. The van der Waals surface area contributed by atoms with E-state index in [1.807, 2.05) is 37.3 Å². The highest BCUT2D eigenvalue weighted by molar-refractivity contribution is 7.99. The fraction of sp³-hybridized carbons (Fsp3) is 0.357. The SMILES string of the molecule is CC(CCc1ccccc1)n1c(SCC(=O)O)n[nH]c1=O. The van der Waals surface area contributed by atoms with Crippen LogP contribution in [0.25, 0.3) is 0 Å². The van der Waals surface area contributed by atoms with Crippen molar-refractivity contribution in [2.75, 3.05) is 5.75 Å². The Morgan fingerprint density at radius 3 is 2.81 bits per heavy atom. The normalized spacial score (nSPS) is 12.2. The monoisotopic (exact) mass is 307 g/mol. The molecule has 1 unspecified atom stereocenters. The standard InChI is InChI=1S/C14H17N3O3S/c1-10(7-8-11-5-3-2-4-6-11)17-13(20)15-16-14(17)21-9-12(18)19/h2-6,10H,7-9H2,1H3,(H,15,20)(H,18,19). The zero-order valence-corrected chi connectivity index (χ0v) is 12.5. The lowest BCUT2D eigenvalue weighted by Crippen LogP contribution is -2.22. The van der Waals surface area contributed by atoms with E-state index < -0.39 is 5.97 Å². The van der Waals surface area contributed by atoms with E-state index in [4.69, 9.17) is 5.11 Å². The van der Waals surface area contributed by atoms with E-state index in [1.165, 1.54) is 10.1 Å². The number of benzene rings is 1. The minimum Gasteiger partial charge on any atom is -0.481 e. The van der Waals surface area contributed by atoms with Gasteiger partial charge in [0.2, 0.25) is 0 Å². The second-order valence-corrected chi connectivity index (χ2v) is 5.68. The summed E-state index contributed by atoms with van der Waals surface area (Å²) in [4.78, 5) is 22.4. The maximum Gasteiger partial charge on any atom is 0.344 e. The number of carboxylic acid groups (broad SMARTS) is 1. The summed E-state index contributed by atoms with van der Waals surface area (Å²) < 4.78 is 1.52. The van der Waals surface area contributed by atoms with Gasteiger partial charge in [0.15, 0.2) is 5.16 Å². The number of carboxylic acids is 1. The van der Waals surface area contributed by atoms with Crippen molar-refractivity contribution in [2.45, 2.75) is 31.0 Å². The molecule has 7 heteroatoms. The second kappa shape index (κ2) is 7.12. The van der Waals surface area contributed by atoms with E-state index >= 15 is 0 Å². The van der Waals surface area contributed by atoms with Gasteiger partial charge in [-0.2, -0.15) is 0 Å². The van der Waals surface area contributed by atoms with Gasteiger partial charge < -0.3 is 5.11 Å². The Hall–Kier alpha value is -2.02. The van der Waals surface area contributed by atoms with Crippen LogP contribution in [-0.4, -0.2) is 31.6 Å². The number of aliphatic carboxylic acids is 1. The highest BCUT2D eigenvalue weighted by atomic mass is 32.2. The number of aromatic nitrogens is 3. The molecule has 0 bridgehead atoms. The number of H-pyrrole nitrogens is 1. The first-order valence-corrected chi connectivity index (χ1v) is 7.62. The van der Waals surface area contributed by atoms with E-state index in [0.717, 1.165) is 24.6 Å². The van der Waals surface area contributed by atoms with Crippen LogP contribution < -0.4 is 5.69 Å². The van der Waals surface area contributed by atoms with Crippen molar-refractivity contribution in [3.05, 3.63) is 46.4 Å². The van der Waals surface area contributed by atoms with Gasteiger partial charge in [0, 0.05) is 6.04 Å². The summed E-state index contributed by atoms with van der Waals surface area (Å²) in [5.74, 6) is -1.05. The molecule has 1 aromatic carbocycles. The molecule has 0 aliphatic rings. The second-order valence-electron chi connectivity index (χ2n) is 4.74. The lowest BCUT2D eigenvalue weighted by Gasteiger charge is -2.13. The number of rotatable bonds is 7. The molecule has 0 radical (unpaired) electrons. The van der Waals surface area contributed by atoms with E-state index in [2.05, 4.69) is 10.2 Å². The van der Waals surface area contributed by atoms with Crippen LogP contribution in [-0.2, 0) is 11.2 Å². The van der Waals surface area contributed by atoms with Crippen LogP contribution in [0, 0.1) is 0 Å². The number of carbonyl (C=O) groups is 1. The third-order valence-corrected chi connectivity index (χ3v) is 4.07. The van der Waals surface area contributed by atoms with Gasteiger partial charge in [-0.05, 0) is 25.3 Å². The van der Waals surface area contributed by atoms with Gasteiger partial charge in [-0.3, -0.25) is 9.36 Å². The molecule has 0 saturated carbocycles. The Morgan fingerprint density at radius 1 is 1.43 bits per heavy atom. The molecule has 2 rings (SSSR count). The van der Waals surface area contributed by atoms with Crippen LogP contribution in [0.5, 0.6) is 0 Å². The van der Waals surface area contributed by atoms with E-state index in [0.29, 0.717) is 5.16 Å². The number of hydrogen-bond donors (Lipinski definition) is 2. The van der Waals surface area contributed by atoms with Crippen LogP contribution in [0.15, 0.2) is 40.3 Å². The molecule has 2 N–H and O–H groups in total. The van der Waals surface area contributed by atoms with Crippen LogP contribution >= 0.6 is 11.8 Å². The first-order valence-electron chi connectivity index (χ1n) is 6.63. The van der Waals surface area contributed by atoms with Crippen LogP contribution in [0.2, 0.25) is 0 Å². The Labute approximate surface area is 126 Å². The van der Waals surface area contributed by atoms with Crippen LogP contribution in [0.1, 0.15) is 24.9 Å². The molecule has 0 amide bonds. The van der Waals surface area contributed by atoms with E-state index in [9.17, 15) is 9.59 Å². The van der Waals surface area contributed by atoms with Gasteiger partial charge >= 0.3 is 11.7 Å². The summed E-state index contributed by atoms with van der Waals surface area (Å²) in [6, 6.07) is 9.98. The number of nitrogens with zero attached hydrogens (tertiary/aromatic N) is 2. The average Bonchev–Trinajstić information content (AvgIpc) is 2.85. The molecule has 6 nitrogen and oxygen atoms in total. The number of aromatic amines is 1. The fourth-order valence-corrected chi connectivity index (χ4v) is 2.82. The maximum atomic E-state index is 11.8. The van der Waals surface area contributed by atoms with Gasteiger partial charge in [-0.15, -0.1) is 5.10 Å². The molecule has 21 heavy (non-hydrogen) atoms. The predicted molar refractivity (Wildman–Crippen MR) is 80.7 cm³/mol. The molecule has 0 saturated heterocycles. The zero-order chi connectivity index (χ0) is 15.2. The predicted octanol–water partition coefficient (Wildman–Crippen LogP) is 1.94. The fourth-order valence-electron chi connectivity index (χ4n) is 2.06. The van der Waals surface area contributed by atoms with Gasteiger partial charge in [0.05, 0.1) is 5.75 Å². The van der Waals surface area contributed by atoms with E-state index in [-0.39, 0.29) is 17.5 Å². The van der Waals surface area contributed by atoms with Crippen LogP contribution in [0.3, 0.4) is 0 Å². The quantitative estimate of drug-likeness (QED) is 0.763. The molecule has 0 spiro atoms. The summed E-state index contributed by atoms with van der Waals surface area (Å²) in [5.41, 5.74) is 0.907. The van der Waals surface area contributed by atoms with Gasteiger partial charge in [-0.25, -0.2) is 9.89 Å². The Bertz CT molecular complexity index is 651. The zero-order valence-electron chi connectivity index (χ0n) is 11.7. The molecule has 0 aliphatic heterocycles. The molecule has 2 aromatic rings. The van der Waals surface area contributed by atoms with Crippen molar-refractivity contribution in [3.8, 4) is 0 Å². The van der Waals surface area contributed by atoms with Crippen molar-refractivity contribution in [2.24, 2.45) is 0 Å². The molecule has 1 aromatic heterocycles. The maximum absolute atomic E-state index is 11.8. The van der Waals surface area contributed by atoms with E-state index in [1.54, 1.807) is 0 Å². The smallest absolute Gasteiger partial charge is 0.344 e. The highest BCUT2D eigenvalue weighted by Crippen LogP contribution is 2.20. The lowest BCUT2D eigenvalue weighted by atomic mass is 10.1. The summed E-state index contributed by atoms with van der Waals surface area (Å²) in [6.45, 7) is 1.94. The Balaban J connectivity index is 2.04. The summed E-state index contributed by atoms with van der Waals surface area (Å²) in [7, 11) is 0. The minimum absolute atomic E-state index is 0.0484. The number of thioether (sulfide) groups is 1. The van der Waals surface area contributed by atoms with Gasteiger partial charge in [0.1, 0.15) is 0 Å².